The number of rotatable bonds is 10. The summed E-state index contributed by atoms with van der Waals surface area (Å²) in [6.45, 7) is 3.28. The molecule has 2 aromatic carbocycles. The first-order chi connectivity index (χ1) is 13.8. The summed E-state index contributed by atoms with van der Waals surface area (Å²) in [4.78, 5) is 16.8. The van der Waals surface area contributed by atoms with E-state index in [1.54, 1.807) is 11.3 Å². The monoisotopic (exact) mass is 394 g/mol. The summed E-state index contributed by atoms with van der Waals surface area (Å²) in [7, 11) is 0. The predicted octanol–water partition coefficient (Wildman–Crippen LogP) is 4.89. The van der Waals surface area contributed by atoms with Gasteiger partial charge in [-0.05, 0) is 43.9 Å². The molecule has 0 aliphatic heterocycles. The number of ether oxygens (including phenoxy) is 1. The number of hydrogen-bond acceptors (Lipinski definition) is 4. The molecule has 0 radical (unpaired) electrons. The Morgan fingerprint density at radius 2 is 1.86 bits per heavy atom. The Bertz CT molecular complexity index is 877. The molecule has 0 unspecified atom stereocenters. The number of hydrogen-bond donors (Lipinski definition) is 1. The highest BCUT2D eigenvalue weighted by Gasteiger charge is 2.12. The topological polar surface area (TPSA) is 51.2 Å². The summed E-state index contributed by atoms with van der Waals surface area (Å²) in [6.07, 6.45) is 3.40. The first-order valence-electron chi connectivity index (χ1n) is 9.73. The van der Waals surface area contributed by atoms with E-state index in [4.69, 9.17) is 4.74 Å². The average Bonchev–Trinajstić information content (AvgIpc) is 3.17. The van der Waals surface area contributed by atoms with E-state index in [2.05, 4.69) is 34.6 Å². The third kappa shape index (κ3) is 5.92. The molecule has 146 valence electrons. The number of unbranched alkanes of at least 4 members (excludes halogenated alkanes) is 1. The number of benzene rings is 2. The van der Waals surface area contributed by atoms with Crippen LogP contribution in [0.1, 0.15) is 31.0 Å². The molecule has 1 amide bonds. The van der Waals surface area contributed by atoms with Gasteiger partial charge in [-0.2, -0.15) is 0 Å². The Balaban J connectivity index is 1.44. The molecule has 1 aromatic heterocycles. The predicted molar refractivity (Wildman–Crippen MR) is 115 cm³/mol. The molecule has 5 heteroatoms. The second kappa shape index (κ2) is 10.6. The van der Waals surface area contributed by atoms with Crippen molar-refractivity contribution < 1.29 is 9.53 Å². The van der Waals surface area contributed by atoms with Crippen LogP contribution >= 0.6 is 11.3 Å². The van der Waals surface area contributed by atoms with Crippen LogP contribution in [-0.2, 0) is 17.6 Å². The van der Waals surface area contributed by atoms with Crippen LogP contribution in [-0.4, -0.2) is 24.0 Å². The number of nitrogens with one attached hydrogen (secondary N) is 1. The molecule has 3 rings (SSSR count). The largest absolute Gasteiger partial charge is 0.493 e. The smallest absolute Gasteiger partial charge is 0.226 e. The van der Waals surface area contributed by atoms with Crippen molar-refractivity contribution in [1.82, 2.24) is 10.3 Å². The summed E-state index contributed by atoms with van der Waals surface area (Å²) in [5.74, 6) is 0.850. The minimum atomic E-state index is 0.0228. The molecule has 1 N–H and O–H groups in total. The molecule has 0 spiro atoms. The zero-order chi connectivity index (χ0) is 19.6. The van der Waals surface area contributed by atoms with Crippen LogP contribution < -0.4 is 10.1 Å². The summed E-state index contributed by atoms with van der Waals surface area (Å²) >= 11 is 1.54. The fourth-order valence-electron chi connectivity index (χ4n) is 2.99. The second-order valence-corrected chi connectivity index (χ2v) is 7.40. The van der Waals surface area contributed by atoms with Gasteiger partial charge in [-0.15, -0.1) is 11.3 Å². The SMILES string of the molecule is CCOc1ccccc1-c1nc(CC(=O)NCCCCc2ccccc2)cs1. The van der Waals surface area contributed by atoms with Crippen molar-refractivity contribution in [2.24, 2.45) is 0 Å². The van der Waals surface area contributed by atoms with Crippen molar-refractivity contribution >= 4 is 17.2 Å². The third-order valence-electron chi connectivity index (χ3n) is 4.37. The first-order valence-corrected chi connectivity index (χ1v) is 10.6. The molecule has 0 aliphatic rings. The standard InChI is InChI=1S/C23H26N2O2S/c1-2-27-21-14-7-6-13-20(21)23-25-19(17-28-23)16-22(26)24-15-9-8-12-18-10-4-3-5-11-18/h3-7,10-11,13-14,17H,2,8-9,12,15-16H2,1H3,(H,24,26). The lowest BCUT2D eigenvalue weighted by atomic mass is 10.1. The molecule has 28 heavy (non-hydrogen) atoms. The zero-order valence-corrected chi connectivity index (χ0v) is 17.0. The van der Waals surface area contributed by atoms with E-state index in [1.165, 1.54) is 5.56 Å². The zero-order valence-electron chi connectivity index (χ0n) is 16.2. The highest BCUT2D eigenvalue weighted by Crippen LogP contribution is 2.32. The highest BCUT2D eigenvalue weighted by molar-refractivity contribution is 7.13. The molecular formula is C23H26N2O2S. The Morgan fingerprint density at radius 3 is 2.68 bits per heavy atom. The molecule has 0 saturated carbocycles. The molecule has 0 saturated heterocycles. The number of nitrogens with zero attached hydrogens (tertiary/aromatic N) is 1. The number of para-hydroxylation sites is 1. The number of thiazole rings is 1. The Morgan fingerprint density at radius 1 is 1.07 bits per heavy atom. The van der Waals surface area contributed by atoms with Gasteiger partial charge in [0.05, 0.1) is 24.3 Å². The lowest BCUT2D eigenvalue weighted by Gasteiger charge is -2.07. The van der Waals surface area contributed by atoms with Crippen LogP contribution in [0.15, 0.2) is 60.0 Å². The van der Waals surface area contributed by atoms with Gasteiger partial charge in [-0.1, -0.05) is 42.5 Å². The number of carbonyl (C=O) groups is 1. The molecule has 3 aromatic rings. The molecule has 0 atom stereocenters. The minimum Gasteiger partial charge on any atom is -0.493 e. The number of carbonyl (C=O) groups excluding carboxylic acids is 1. The third-order valence-corrected chi connectivity index (χ3v) is 5.29. The summed E-state index contributed by atoms with van der Waals surface area (Å²) in [6, 6.07) is 18.3. The molecule has 1 heterocycles. The maximum Gasteiger partial charge on any atom is 0.226 e. The number of aryl methyl sites for hydroxylation is 1. The lowest BCUT2D eigenvalue weighted by molar-refractivity contribution is -0.120. The van der Waals surface area contributed by atoms with E-state index in [9.17, 15) is 4.79 Å². The first kappa shape index (κ1) is 20.1. The summed E-state index contributed by atoms with van der Waals surface area (Å²) < 4.78 is 5.68. The van der Waals surface area contributed by atoms with Crippen LogP contribution in [0.2, 0.25) is 0 Å². The molecule has 4 nitrogen and oxygen atoms in total. The molecule has 0 fully saturated rings. The quantitative estimate of drug-likeness (QED) is 0.498. The van der Waals surface area contributed by atoms with E-state index in [-0.39, 0.29) is 5.91 Å². The second-order valence-electron chi connectivity index (χ2n) is 6.54. The molecular weight excluding hydrogens is 368 g/mol. The Kier molecular flexibility index (Phi) is 7.62. The van der Waals surface area contributed by atoms with Crippen molar-refractivity contribution in [1.29, 1.82) is 0 Å². The van der Waals surface area contributed by atoms with E-state index in [0.29, 0.717) is 19.6 Å². The van der Waals surface area contributed by atoms with Crippen LogP contribution in [0.3, 0.4) is 0 Å². The van der Waals surface area contributed by atoms with Gasteiger partial charge >= 0.3 is 0 Å². The van der Waals surface area contributed by atoms with Gasteiger partial charge in [0.25, 0.3) is 0 Å². The van der Waals surface area contributed by atoms with Gasteiger partial charge in [-0.25, -0.2) is 4.98 Å². The van der Waals surface area contributed by atoms with Crippen molar-refractivity contribution in [2.75, 3.05) is 13.2 Å². The van der Waals surface area contributed by atoms with Gasteiger partial charge < -0.3 is 10.1 Å². The van der Waals surface area contributed by atoms with Crippen LogP contribution in [0.25, 0.3) is 10.6 Å². The van der Waals surface area contributed by atoms with Gasteiger partial charge in [0.15, 0.2) is 0 Å². The van der Waals surface area contributed by atoms with Gasteiger partial charge in [0.2, 0.25) is 5.91 Å². The highest BCUT2D eigenvalue weighted by atomic mass is 32.1. The van der Waals surface area contributed by atoms with Crippen LogP contribution in [0.4, 0.5) is 0 Å². The maximum atomic E-state index is 12.2. The van der Waals surface area contributed by atoms with E-state index < -0.39 is 0 Å². The lowest BCUT2D eigenvalue weighted by Crippen LogP contribution is -2.26. The van der Waals surface area contributed by atoms with Crippen molar-refractivity contribution in [3.05, 3.63) is 71.2 Å². The average molecular weight is 395 g/mol. The Hall–Kier alpha value is -2.66. The normalized spacial score (nSPS) is 10.6. The minimum absolute atomic E-state index is 0.0228. The number of aromatic nitrogens is 1. The Labute approximate surface area is 170 Å². The van der Waals surface area contributed by atoms with E-state index in [0.717, 1.165) is 41.3 Å². The molecule has 0 aliphatic carbocycles. The summed E-state index contributed by atoms with van der Waals surface area (Å²) in [5.41, 5.74) is 3.12. The fourth-order valence-corrected chi connectivity index (χ4v) is 3.84. The van der Waals surface area contributed by atoms with Crippen molar-refractivity contribution in [3.63, 3.8) is 0 Å². The van der Waals surface area contributed by atoms with Crippen molar-refractivity contribution in [3.8, 4) is 16.3 Å². The fraction of sp³-hybridized carbons (Fsp3) is 0.304. The van der Waals surface area contributed by atoms with Gasteiger partial charge in [0.1, 0.15) is 10.8 Å². The summed E-state index contributed by atoms with van der Waals surface area (Å²) in [5, 5.41) is 5.83. The van der Waals surface area contributed by atoms with Crippen LogP contribution in [0.5, 0.6) is 5.75 Å². The van der Waals surface area contributed by atoms with E-state index in [1.807, 2.05) is 42.6 Å². The molecule has 0 bridgehead atoms. The van der Waals surface area contributed by atoms with Gasteiger partial charge in [-0.3, -0.25) is 4.79 Å². The van der Waals surface area contributed by atoms with Gasteiger partial charge in [0, 0.05) is 11.9 Å². The maximum absolute atomic E-state index is 12.2. The van der Waals surface area contributed by atoms with Crippen LogP contribution in [0, 0.1) is 0 Å². The van der Waals surface area contributed by atoms with Crippen molar-refractivity contribution in [2.45, 2.75) is 32.6 Å². The number of amides is 1. The van der Waals surface area contributed by atoms with E-state index >= 15 is 0 Å².